The molecule has 174 valence electrons. The first kappa shape index (κ1) is 23.5. The van der Waals surface area contributed by atoms with E-state index in [1.54, 1.807) is 4.90 Å². The molecule has 0 unspecified atom stereocenters. The second-order valence-electron chi connectivity index (χ2n) is 8.27. The second kappa shape index (κ2) is 10.1. The first-order chi connectivity index (χ1) is 15.9. The van der Waals surface area contributed by atoms with Crippen LogP contribution in [0.15, 0.2) is 59.8 Å². The zero-order valence-electron chi connectivity index (χ0n) is 18.8. The minimum atomic E-state index is -3.08. The zero-order chi connectivity index (χ0) is 23.4. The van der Waals surface area contributed by atoms with Gasteiger partial charge in [-0.25, -0.2) is 18.4 Å². The molecule has 7 nitrogen and oxygen atoms in total. The van der Waals surface area contributed by atoms with E-state index in [0.29, 0.717) is 17.4 Å². The van der Waals surface area contributed by atoms with Crippen LogP contribution in [0.5, 0.6) is 0 Å². The van der Waals surface area contributed by atoms with Crippen LogP contribution in [0, 0.1) is 0 Å². The summed E-state index contributed by atoms with van der Waals surface area (Å²) in [4.78, 5) is 24.3. The SMILES string of the molecule is CC[C@@H](C)N(C(=O)CSc1nc(Nc2ccccc2)c2ccccc2n1)[C@@H]1CCS(=O)(=O)C1. The van der Waals surface area contributed by atoms with Gasteiger partial charge in [-0.05, 0) is 44.0 Å². The van der Waals surface area contributed by atoms with Gasteiger partial charge in [0.1, 0.15) is 5.82 Å². The summed E-state index contributed by atoms with van der Waals surface area (Å²) in [7, 11) is -3.08. The van der Waals surface area contributed by atoms with E-state index in [1.165, 1.54) is 11.8 Å². The average Bonchev–Trinajstić information content (AvgIpc) is 3.17. The van der Waals surface area contributed by atoms with Gasteiger partial charge in [0.25, 0.3) is 0 Å². The summed E-state index contributed by atoms with van der Waals surface area (Å²) in [6.45, 7) is 3.98. The van der Waals surface area contributed by atoms with E-state index in [4.69, 9.17) is 0 Å². The third-order valence-electron chi connectivity index (χ3n) is 5.90. The molecule has 0 spiro atoms. The van der Waals surface area contributed by atoms with Gasteiger partial charge in [-0.2, -0.15) is 0 Å². The molecule has 1 N–H and O–H groups in total. The highest BCUT2D eigenvalue weighted by molar-refractivity contribution is 7.99. The van der Waals surface area contributed by atoms with Gasteiger partial charge in [0.15, 0.2) is 15.0 Å². The Morgan fingerprint density at radius 3 is 2.58 bits per heavy atom. The molecule has 1 amide bonds. The molecule has 0 bridgehead atoms. The number of benzene rings is 2. The molecule has 2 heterocycles. The molecule has 9 heteroatoms. The van der Waals surface area contributed by atoms with Crippen LogP contribution in [0.4, 0.5) is 11.5 Å². The molecule has 2 aromatic carbocycles. The Balaban J connectivity index is 1.55. The van der Waals surface area contributed by atoms with Crippen molar-refractivity contribution in [2.24, 2.45) is 0 Å². The number of hydrogen-bond acceptors (Lipinski definition) is 7. The van der Waals surface area contributed by atoms with Crippen molar-refractivity contribution in [1.29, 1.82) is 0 Å². The fraction of sp³-hybridized carbons (Fsp3) is 0.375. The average molecular weight is 485 g/mol. The van der Waals surface area contributed by atoms with E-state index in [9.17, 15) is 13.2 Å². The molecular formula is C24H28N4O3S2. The van der Waals surface area contributed by atoms with Crippen molar-refractivity contribution in [3.63, 3.8) is 0 Å². The fourth-order valence-electron chi connectivity index (χ4n) is 4.07. The standard InChI is InChI=1S/C24H28N4O3S2/c1-3-17(2)28(19-13-14-33(30,31)16-19)22(29)15-32-24-26-21-12-8-7-11-20(21)23(27-24)25-18-9-5-4-6-10-18/h4-12,17,19H,3,13-16H2,1-2H3,(H,25,26,27)/t17-,19-/m1/s1. The van der Waals surface area contributed by atoms with Gasteiger partial charge in [-0.3, -0.25) is 4.79 Å². The van der Waals surface area contributed by atoms with Crippen molar-refractivity contribution in [3.05, 3.63) is 54.6 Å². The Labute approximate surface area is 198 Å². The number of fused-ring (bicyclic) bond motifs is 1. The number of anilines is 2. The normalized spacial score (nSPS) is 18.2. The molecular weight excluding hydrogens is 456 g/mol. The van der Waals surface area contributed by atoms with E-state index < -0.39 is 9.84 Å². The molecule has 1 aliphatic heterocycles. The summed E-state index contributed by atoms with van der Waals surface area (Å²) < 4.78 is 24.0. The summed E-state index contributed by atoms with van der Waals surface area (Å²) in [5.74, 6) is 0.955. The summed E-state index contributed by atoms with van der Waals surface area (Å²) in [6, 6.07) is 17.3. The first-order valence-corrected chi connectivity index (χ1v) is 13.9. The van der Waals surface area contributed by atoms with Crippen LogP contribution in [0.25, 0.3) is 10.9 Å². The van der Waals surface area contributed by atoms with Gasteiger partial charge in [0.2, 0.25) is 5.91 Å². The molecule has 0 saturated carbocycles. The number of aromatic nitrogens is 2. The lowest BCUT2D eigenvalue weighted by Crippen LogP contribution is -2.47. The number of carbonyl (C=O) groups excluding carboxylic acids is 1. The Morgan fingerprint density at radius 1 is 1.15 bits per heavy atom. The third kappa shape index (κ3) is 5.65. The minimum absolute atomic E-state index is 0.0239. The van der Waals surface area contributed by atoms with Crippen LogP contribution < -0.4 is 5.32 Å². The number of nitrogens with one attached hydrogen (secondary N) is 1. The molecule has 1 fully saturated rings. The zero-order valence-corrected chi connectivity index (χ0v) is 20.4. The molecule has 4 rings (SSSR count). The van der Waals surface area contributed by atoms with Crippen LogP contribution in [0.2, 0.25) is 0 Å². The van der Waals surface area contributed by atoms with E-state index in [-0.39, 0.29) is 35.2 Å². The quantitative estimate of drug-likeness (QED) is 0.377. The summed E-state index contributed by atoms with van der Waals surface area (Å²) >= 11 is 1.28. The second-order valence-corrected chi connectivity index (χ2v) is 11.4. The predicted molar refractivity (Wildman–Crippen MR) is 134 cm³/mol. The molecule has 1 aliphatic rings. The largest absolute Gasteiger partial charge is 0.340 e. The smallest absolute Gasteiger partial charge is 0.233 e. The van der Waals surface area contributed by atoms with E-state index in [2.05, 4.69) is 15.3 Å². The number of nitrogens with zero attached hydrogens (tertiary/aromatic N) is 3. The number of carbonyl (C=O) groups is 1. The Kier molecular flexibility index (Phi) is 7.19. The van der Waals surface area contributed by atoms with Crippen molar-refractivity contribution < 1.29 is 13.2 Å². The highest BCUT2D eigenvalue weighted by Crippen LogP contribution is 2.28. The number of amides is 1. The summed E-state index contributed by atoms with van der Waals surface area (Å²) in [5, 5.41) is 4.75. The van der Waals surface area contributed by atoms with Gasteiger partial charge in [-0.15, -0.1) is 0 Å². The lowest BCUT2D eigenvalue weighted by atomic mass is 10.1. The van der Waals surface area contributed by atoms with E-state index >= 15 is 0 Å². The van der Waals surface area contributed by atoms with Gasteiger partial charge < -0.3 is 10.2 Å². The Hall–Kier alpha value is -2.65. The predicted octanol–water partition coefficient (Wildman–Crippen LogP) is 4.28. The highest BCUT2D eigenvalue weighted by atomic mass is 32.2. The maximum Gasteiger partial charge on any atom is 0.233 e. The maximum atomic E-state index is 13.2. The lowest BCUT2D eigenvalue weighted by molar-refractivity contribution is -0.132. The molecule has 0 radical (unpaired) electrons. The molecule has 2 atom stereocenters. The van der Waals surface area contributed by atoms with Crippen LogP contribution in [-0.4, -0.2) is 58.5 Å². The summed E-state index contributed by atoms with van der Waals surface area (Å²) in [5.41, 5.74) is 1.71. The van der Waals surface area contributed by atoms with Crippen LogP contribution in [0.1, 0.15) is 26.7 Å². The van der Waals surface area contributed by atoms with Crippen molar-refractivity contribution in [2.75, 3.05) is 22.6 Å². The molecule has 1 aromatic heterocycles. The van der Waals surface area contributed by atoms with Gasteiger partial charge in [-0.1, -0.05) is 49.0 Å². The van der Waals surface area contributed by atoms with Crippen LogP contribution in [-0.2, 0) is 14.6 Å². The number of hydrogen-bond donors (Lipinski definition) is 1. The van der Waals surface area contributed by atoms with Gasteiger partial charge >= 0.3 is 0 Å². The first-order valence-electron chi connectivity index (χ1n) is 11.1. The molecule has 33 heavy (non-hydrogen) atoms. The number of para-hydroxylation sites is 2. The Bertz CT molecular complexity index is 1230. The summed E-state index contributed by atoms with van der Waals surface area (Å²) in [6.07, 6.45) is 1.27. The number of rotatable bonds is 8. The van der Waals surface area contributed by atoms with E-state index in [1.807, 2.05) is 68.4 Å². The number of sulfone groups is 1. The third-order valence-corrected chi connectivity index (χ3v) is 8.48. The van der Waals surface area contributed by atoms with Gasteiger partial charge in [0.05, 0.1) is 22.8 Å². The monoisotopic (exact) mass is 484 g/mol. The minimum Gasteiger partial charge on any atom is -0.340 e. The van der Waals surface area contributed by atoms with Crippen molar-refractivity contribution >= 4 is 49.9 Å². The maximum absolute atomic E-state index is 13.2. The number of thioether (sulfide) groups is 1. The van der Waals surface area contributed by atoms with Crippen LogP contribution >= 0.6 is 11.8 Å². The van der Waals surface area contributed by atoms with Crippen LogP contribution in [0.3, 0.4) is 0 Å². The topological polar surface area (TPSA) is 92.3 Å². The fourth-order valence-corrected chi connectivity index (χ4v) is 6.51. The van der Waals surface area contributed by atoms with Crippen molar-refractivity contribution in [1.82, 2.24) is 14.9 Å². The molecule has 1 saturated heterocycles. The van der Waals surface area contributed by atoms with Crippen molar-refractivity contribution in [2.45, 2.75) is 43.9 Å². The molecule has 0 aliphatic carbocycles. The van der Waals surface area contributed by atoms with E-state index in [0.717, 1.165) is 23.0 Å². The Morgan fingerprint density at radius 2 is 1.88 bits per heavy atom. The van der Waals surface area contributed by atoms with Crippen molar-refractivity contribution in [3.8, 4) is 0 Å². The lowest BCUT2D eigenvalue weighted by Gasteiger charge is -2.33. The molecule has 3 aromatic rings. The van der Waals surface area contributed by atoms with Gasteiger partial charge in [0, 0.05) is 23.2 Å². The highest BCUT2D eigenvalue weighted by Gasteiger charge is 2.36.